The molecule has 4 bridgehead atoms. The number of aliphatic hydroxyl groups excluding tert-OH is 4. The first kappa shape index (κ1) is 28.7. The molecule has 7 rings (SSSR count). The van der Waals surface area contributed by atoms with E-state index in [1.54, 1.807) is 67.6 Å². The second-order valence-corrected chi connectivity index (χ2v) is 11.5. The Balaban J connectivity index is 1.24. The molecule has 12 heteroatoms. The molecule has 7 unspecified atom stereocenters. The number of rotatable bonds is 8. The summed E-state index contributed by atoms with van der Waals surface area (Å²) in [5.41, 5.74) is -4.00. The number of hydrogen-bond acceptors (Lipinski definition) is 12. The number of esters is 3. The van der Waals surface area contributed by atoms with Crippen molar-refractivity contribution in [1.29, 1.82) is 0 Å². The Kier molecular flexibility index (Phi) is 7.11. The monoisotopic (exact) mass is 584 g/mol. The lowest BCUT2D eigenvalue weighted by Gasteiger charge is -2.66. The first-order valence-corrected chi connectivity index (χ1v) is 13.8. The van der Waals surface area contributed by atoms with Crippen LogP contribution in [0, 0.1) is 11.3 Å². The lowest BCUT2D eigenvalue weighted by molar-refractivity contribution is -0.394. The zero-order valence-corrected chi connectivity index (χ0v) is 22.7. The van der Waals surface area contributed by atoms with Crippen LogP contribution in [0.1, 0.15) is 40.5 Å². The van der Waals surface area contributed by atoms with Gasteiger partial charge < -0.3 is 44.1 Å². The molecule has 5 fully saturated rings. The topological polar surface area (TPSA) is 178 Å². The number of ether oxygens (including phenoxy) is 5. The minimum absolute atomic E-state index is 0.0178. The first-order chi connectivity index (χ1) is 20.0. The maximum Gasteiger partial charge on any atom is 0.338 e. The van der Waals surface area contributed by atoms with Gasteiger partial charge in [-0.15, -0.1) is 0 Å². The van der Waals surface area contributed by atoms with Gasteiger partial charge in [-0.1, -0.05) is 36.4 Å². The molecule has 0 radical (unpaired) electrons. The SMILES string of the molecule is C[C@]12C[C@@H](O)C3C[C@@]1(OC1OC(COC(=O)c4ccccc4)C(O)C(O)C1O)C3(COC(=O)c1ccccc1)C(=O)O2. The molecule has 224 valence electrons. The second kappa shape index (κ2) is 10.4. The van der Waals surface area contributed by atoms with E-state index in [0.717, 1.165) is 0 Å². The fourth-order valence-electron chi connectivity index (χ4n) is 6.99. The van der Waals surface area contributed by atoms with E-state index in [2.05, 4.69) is 0 Å². The zero-order valence-electron chi connectivity index (χ0n) is 22.7. The number of aliphatic hydroxyl groups is 4. The van der Waals surface area contributed by atoms with Crippen LogP contribution in [0.4, 0.5) is 0 Å². The maximum absolute atomic E-state index is 13.5. The lowest BCUT2D eigenvalue weighted by Crippen LogP contribution is -2.80. The van der Waals surface area contributed by atoms with Crippen molar-refractivity contribution in [2.75, 3.05) is 13.2 Å². The van der Waals surface area contributed by atoms with E-state index in [1.807, 2.05) is 0 Å². The Bertz CT molecular complexity index is 1350. The fourth-order valence-corrected chi connectivity index (χ4v) is 6.99. The molecule has 3 aliphatic carbocycles. The molecular weight excluding hydrogens is 552 g/mol. The van der Waals surface area contributed by atoms with Crippen molar-refractivity contribution < 1.29 is 58.5 Å². The molecule has 4 N–H and O–H groups in total. The third-order valence-electron chi connectivity index (χ3n) is 9.28. The molecule has 42 heavy (non-hydrogen) atoms. The van der Waals surface area contributed by atoms with Crippen LogP contribution in [0.25, 0.3) is 0 Å². The number of carbonyl (C=O) groups excluding carboxylic acids is 3. The summed E-state index contributed by atoms with van der Waals surface area (Å²) in [7, 11) is 0. The number of benzene rings is 2. The van der Waals surface area contributed by atoms with Crippen LogP contribution in [0.3, 0.4) is 0 Å². The van der Waals surface area contributed by atoms with Crippen molar-refractivity contribution in [1.82, 2.24) is 0 Å². The Hall–Kier alpha value is -3.39. The van der Waals surface area contributed by atoms with Gasteiger partial charge in [0.2, 0.25) is 0 Å². The highest BCUT2D eigenvalue weighted by atomic mass is 16.7. The average Bonchev–Trinajstić information content (AvgIpc) is 3.05. The van der Waals surface area contributed by atoms with Crippen LogP contribution in [0.2, 0.25) is 0 Å². The van der Waals surface area contributed by atoms with Gasteiger partial charge in [-0.05, 0) is 37.6 Å². The van der Waals surface area contributed by atoms with Gasteiger partial charge in [0.15, 0.2) is 6.29 Å². The molecule has 2 saturated heterocycles. The van der Waals surface area contributed by atoms with Crippen LogP contribution in [-0.4, -0.2) is 99.6 Å². The quantitative estimate of drug-likeness (QED) is 0.248. The van der Waals surface area contributed by atoms with Gasteiger partial charge in [-0.2, -0.15) is 0 Å². The standard InChI is InChI=1S/C30H32O12/c1-28-13-19(31)18-12-30(28,29(18,27(37)42-28)15-39-25(36)17-10-6-3-7-11-17)41-26-23(34)22(33)21(32)20(40-26)14-38-24(35)16-8-4-2-5-9-16/h2-11,18-23,26,31-34H,12-15H2,1H3/t18?,19-,20?,21?,22?,23?,26?,28+,29?,30+/m1/s1. The van der Waals surface area contributed by atoms with Crippen molar-refractivity contribution in [3.63, 3.8) is 0 Å². The maximum atomic E-state index is 13.5. The van der Waals surface area contributed by atoms with E-state index < -0.39 is 90.5 Å². The van der Waals surface area contributed by atoms with Crippen LogP contribution < -0.4 is 0 Å². The summed E-state index contributed by atoms with van der Waals surface area (Å²) < 4.78 is 28.8. The Labute approximate surface area is 240 Å². The van der Waals surface area contributed by atoms with Gasteiger partial charge in [0.05, 0.1) is 17.2 Å². The van der Waals surface area contributed by atoms with Gasteiger partial charge in [-0.3, -0.25) is 4.79 Å². The van der Waals surface area contributed by atoms with Gasteiger partial charge in [0.1, 0.15) is 54.2 Å². The predicted octanol–water partition coefficient (Wildman–Crippen LogP) is 0.350. The molecule has 2 aliphatic heterocycles. The lowest BCUT2D eigenvalue weighted by atomic mass is 9.40. The Morgan fingerprint density at radius 2 is 1.45 bits per heavy atom. The van der Waals surface area contributed by atoms with Crippen molar-refractivity contribution in [3.05, 3.63) is 71.8 Å². The van der Waals surface area contributed by atoms with Crippen LogP contribution >= 0.6 is 0 Å². The van der Waals surface area contributed by atoms with Crippen LogP contribution in [-0.2, 0) is 28.5 Å². The minimum atomic E-state index is -1.76. The normalized spacial score (nSPS) is 40.0. The van der Waals surface area contributed by atoms with Crippen molar-refractivity contribution in [2.24, 2.45) is 11.3 Å². The van der Waals surface area contributed by atoms with Gasteiger partial charge in [0.25, 0.3) is 0 Å². The molecule has 12 nitrogen and oxygen atoms in total. The molecule has 0 spiro atoms. The van der Waals surface area contributed by atoms with Crippen molar-refractivity contribution >= 4 is 17.9 Å². The molecule has 2 aromatic carbocycles. The Morgan fingerprint density at radius 3 is 2.07 bits per heavy atom. The summed E-state index contributed by atoms with van der Waals surface area (Å²) >= 11 is 0. The summed E-state index contributed by atoms with van der Waals surface area (Å²) in [4.78, 5) is 38.7. The highest BCUT2D eigenvalue weighted by Gasteiger charge is 2.88. The Morgan fingerprint density at radius 1 is 0.857 bits per heavy atom. The molecule has 2 heterocycles. The molecule has 5 aliphatic rings. The van der Waals surface area contributed by atoms with E-state index in [9.17, 15) is 34.8 Å². The zero-order chi connectivity index (χ0) is 29.9. The first-order valence-electron chi connectivity index (χ1n) is 13.8. The molecule has 10 atom stereocenters. The smallest absolute Gasteiger partial charge is 0.338 e. The summed E-state index contributed by atoms with van der Waals surface area (Å²) in [6.45, 7) is 0.645. The van der Waals surface area contributed by atoms with E-state index in [4.69, 9.17) is 23.7 Å². The van der Waals surface area contributed by atoms with Crippen LogP contribution in [0.5, 0.6) is 0 Å². The van der Waals surface area contributed by atoms with Crippen LogP contribution in [0.15, 0.2) is 60.7 Å². The minimum Gasteiger partial charge on any atom is -0.461 e. The summed E-state index contributed by atoms with van der Waals surface area (Å²) in [6.07, 6.45) is -8.87. The largest absolute Gasteiger partial charge is 0.461 e. The third kappa shape index (κ3) is 4.16. The van der Waals surface area contributed by atoms with E-state index in [1.165, 1.54) is 0 Å². The fraction of sp³-hybridized carbons (Fsp3) is 0.500. The van der Waals surface area contributed by atoms with Crippen molar-refractivity contribution in [2.45, 2.75) is 67.8 Å². The van der Waals surface area contributed by atoms with E-state index in [-0.39, 0.29) is 24.0 Å². The highest BCUT2D eigenvalue weighted by Crippen LogP contribution is 2.73. The summed E-state index contributed by atoms with van der Waals surface area (Å²) in [6, 6.07) is 16.3. The predicted molar refractivity (Wildman–Crippen MR) is 140 cm³/mol. The number of hydrogen-bond donors (Lipinski definition) is 4. The van der Waals surface area contributed by atoms with Gasteiger partial charge >= 0.3 is 17.9 Å². The van der Waals surface area contributed by atoms with Gasteiger partial charge in [-0.25, -0.2) is 9.59 Å². The molecule has 3 saturated carbocycles. The molecule has 2 aromatic rings. The molecule has 0 amide bonds. The van der Waals surface area contributed by atoms with E-state index >= 15 is 0 Å². The molecule has 0 aromatic heterocycles. The van der Waals surface area contributed by atoms with Gasteiger partial charge in [0, 0.05) is 12.3 Å². The second-order valence-electron chi connectivity index (χ2n) is 11.5. The molecular formula is C30H32O12. The van der Waals surface area contributed by atoms with E-state index in [0.29, 0.717) is 0 Å². The van der Waals surface area contributed by atoms with Crippen molar-refractivity contribution in [3.8, 4) is 0 Å². The number of carbonyl (C=O) groups is 3. The summed E-state index contributed by atoms with van der Waals surface area (Å²) in [5, 5.41) is 43.0. The summed E-state index contributed by atoms with van der Waals surface area (Å²) in [5.74, 6) is -2.77. The third-order valence-corrected chi connectivity index (χ3v) is 9.28. The number of fused-ring (bicyclic) bond motifs is 1. The highest BCUT2D eigenvalue weighted by molar-refractivity contribution is 5.91. The average molecular weight is 585 g/mol.